The molecule has 4 nitrogen and oxygen atoms in total. The molecule has 1 saturated heterocycles. The number of amides is 1. The van der Waals surface area contributed by atoms with Crippen LogP contribution in [0.4, 0.5) is 8.78 Å². The van der Waals surface area contributed by atoms with Crippen molar-refractivity contribution in [2.45, 2.75) is 13.0 Å². The van der Waals surface area contributed by atoms with Gasteiger partial charge < -0.3 is 9.64 Å². The smallest absolute Gasteiger partial charge is 0.236 e. The van der Waals surface area contributed by atoms with Gasteiger partial charge in [-0.2, -0.15) is 0 Å². The largest absolute Gasteiger partial charge is 0.378 e. The molecule has 1 fully saturated rings. The predicted octanol–water partition coefficient (Wildman–Crippen LogP) is 1.82. The second-order valence-electron chi connectivity index (χ2n) is 5.25. The van der Waals surface area contributed by atoms with Crippen LogP contribution >= 0.6 is 0 Å². The number of carbonyl (C=O) groups excluding carboxylic acids is 1. The van der Waals surface area contributed by atoms with Crippen molar-refractivity contribution in [2.75, 3.05) is 39.9 Å². The van der Waals surface area contributed by atoms with Crippen molar-refractivity contribution in [1.29, 1.82) is 0 Å². The van der Waals surface area contributed by atoms with Gasteiger partial charge in [0.15, 0.2) is 0 Å². The summed E-state index contributed by atoms with van der Waals surface area (Å²) in [5.74, 6) is -0.967. The van der Waals surface area contributed by atoms with Crippen molar-refractivity contribution in [3.63, 3.8) is 0 Å². The summed E-state index contributed by atoms with van der Waals surface area (Å²) in [6, 6.07) is 2.99. The van der Waals surface area contributed by atoms with Gasteiger partial charge in [0.05, 0.1) is 19.8 Å². The minimum absolute atomic E-state index is 0.0236. The first-order chi connectivity index (χ1) is 9.99. The first-order valence-corrected chi connectivity index (χ1v) is 6.99. The van der Waals surface area contributed by atoms with Gasteiger partial charge in [-0.05, 0) is 32.2 Å². The zero-order valence-corrected chi connectivity index (χ0v) is 12.3. The van der Waals surface area contributed by atoms with Crippen LogP contribution in [0.15, 0.2) is 18.2 Å². The van der Waals surface area contributed by atoms with Gasteiger partial charge in [-0.15, -0.1) is 0 Å². The van der Waals surface area contributed by atoms with Gasteiger partial charge in [0.1, 0.15) is 11.6 Å². The molecule has 21 heavy (non-hydrogen) atoms. The highest BCUT2D eigenvalue weighted by Crippen LogP contribution is 2.22. The lowest BCUT2D eigenvalue weighted by molar-refractivity contribution is -0.136. The minimum atomic E-state index is -0.480. The van der Waals surface area contributed by atoms with E-state index in [1.807, 2.05) is 0 Å². The number of halogens is 2. The molecule has 0 radical (unpaired) electrons. The molecule has 0 aliphatic carbocycles. The van der Waals surface area contributed by atoms with E-state index in [1.54, 1.807) is 23.8 Å². The third-order valence-electron chi connectivity index (χ3n) is 3.82. The van der Waals surface area contributed by atoms with Crippen molar-refractivity contribution in [2.24, 2.45) is 0 Å². The maximum Gasteiger partial charge on any atom is 0.236 e. The third-order valence-corrected chi connectivity index (χ3v) is 3.82. The first kappa shape index (κ1) is 15.9. The fourth-order valence-electron chi connectivity index (χ4n) is 2.34. The average Bonchev–Trinajstić information content (AvgIpc) is 2.49. The van der Waals surface area contributed by atoms with Crippen molar-refractivity contribution < 1.29 is 18.3 Å². The van der Waals surface area contributed by atoms with Gasteiger partial charge >= 0.3 is 0 Å². The number of carbonyl (C=O) groups is 1. The van der Waals surface area contributed by atoms with E-state index in [9.17, 15) is 13.6 Å². The highest BCUT2D eigenvalue weighted by atomic mass is 19.1. The van der Waals surface area contributed by atoms with Crippen molar-refractivity contribution in [3.8, 4) is 0 Å². The summed E-state index contributed by atoms with van der Waals surface area (Å²) in [7, 11) is 1.73. The maximum absolute atomic E-state index is 13.8. The molecule has 1 amide bonds. The van der Waals surface area contributed by atoms with Crippen LogP contribution in [0.2, 0.25) is 0 Å². The summed E-state index contributed by atoms with van der Waals surface area (Å²) in [6.45, 7) is 4.17. The van der Waals surface area contributed by atoms with E-state index in [2.05, 4.69) is 0 Å². The van der Waals surface area contributed by atoms with Crippen LogP contribution in [-0.2, 0) is 9.53 Å². The molecule has 1 aromatic carbocycles. The molecule has 0 bridgehead atoms. The lowest BCUT2D eigenvalue weighted by Gasteiger charge is -2.31. The zero-order valence-electron chi connectivity index (χ0n) is 12.3. The molecular formula is C15H20F2N2O2. The summed E-state index contributed by atoms with van der Waals surface area (Å²) in [4.78, 5) is 15.6. The molecule has 1 aliphatic heterocycles. The van der Waals surface area contributed by atoms with Crippen molar-refractivity contribution >= 4 is 5.91 Å². The number of nitrogens with zero attached hydrogens (tertiary/aromatic N) is 2. The van der Waals surface area contributed by atoms with Crippen molar-refractivity contribution in [3.05, 3.63) is 35.4 Å². The number of likely N-dealkylation sites (N-methyl/N-ethyl adjacent to an activating group) is 1. The normalized spacial score (nSPS) is 17.1. The van der Waals surface area contributed by atoms with Crippen LogP contribution in [0.1, 0.15) is 18.5 Å². The Morgan fingerprint density at radius 3 is 2.71 bits per heavy atom. The van der Waals surface area contributed by atoms with E-state index in [1.165, 1.54) is 6.07 Å². The number of morpholine rings is 1. The van der Waals surface area contributed by atoms with E-state index in [0.29, 0.717) is 26.3 Å². The topological polar surface area (TPSA) is 32.8 Å². The van der Waals surface area contributed by atoms with E-state index in [-0.39, 0.29) is 24.1 Å². The van der Waals surface area contributed by atoms with Crippen LogP contribution in [0.25, 0.3) is 0 Å². The van der Waals surface area contributed by atoms with Crippen molar-refractivity contribution in [1.82, 2.24) is 9.80 Å². The molecule has 0 aromatic heterocycles. The number of hydrogen-bond acceptors (Lipinski definition) is 3. The average molecular weight is 298 g/mol. The Bertz CT molecular complexity index is 504. The lowest BCUT2D eigenvalue weighted by Crippen LogP contribution is -2.45. The van der Waals surface area contributed by atoms with Crippen LogP contribution in [0, 0.1) is 11.6 Å². The summed E-state index contributed by atoms with van der Waals surface area (Å²) in [6.07, 6.45) is 0. The van der Waals surface area contributed by atoms with Crippen LogP contribution in [0.3, 0.4) is 0 Å². The number of hydrogen-bond donors (Lipinski definition) is 0. The summed E-state index contributed by atoms with van der Waals surface area (Å²) in [5, 5.41) is 0. The highest BCUT2D eigenvalue weighted by Gasteiger charge is 2.22. The highest BCUT2D eigenvalue weighted by molar-refractivity contribution is 5.78. The Labute approximate surface area is 123 Å². The molecule has 1 aromatic rings. The second-order valence-corrected chi connectivity index (χ2v) is 5.25. The zero-order chi connectivity index (χ0) is 15.4. The van der Waals surface area contributed by atoms with Gasteiger partial charge in [0.2, 0.25) is 5.91 Å². The molecule has 6 heteroatoms. The Kier molecular flexibility index (Phi) is 5.25. The quantitative estimate of drug-likeness (QED) is 0.850. The molecule has 0 saturated carbocycles. The number of ether oxygens (including phenoxy) is 1. The Hall–Kier alpha value is -1.53. The minimum Gasteiger partial charge on any atom is -0.378 e. The van der Waals surface area contributed by atoms with E-state index < -0.39 is 11.6 Å². The Morgan fingerprint density at radius 2 is 2.05 bits per heavy atom. The molecule has 116 valence electrons. The molecule has 0 spiro atoms. The van der Waals surface area contributed by atoms with Gasteiger partial charge in [-0.1, -0.05) is 0 Å². The lowest BCUT2D eigenvalue weighted by atomic mass is 10.1. The fraction of sp³-hybridized carbons (Fsp3) is 0.533. The summed E-state index contributed by atoms with van der Waals surface area (Å²) >= 11 is 0. The summed E-state index contributed by atoms with van der Waals surface area (Å²) in [5.41, 5.74) is 0.257. The van der Waals surface area contributed by atoms with Crippen LogP contribution in [-0.4, -0.2) is 55.6 Å². The molecular weight excluding hydrogens is 278 g/mol. The Balaban J connectivity index is 2.00. The first-order valence-electron chi connectivity index (χ1n) is 6.99. The fourth-order valence-corrected chi connectivity index (χ4v) is 2.34. The van der Waals surface area contributed by atoms with E-state index in [4.69, 9.17) is 4.74 Å². The second kappa shape index (κ2) is 6.95. The van der Waals surface area contributed by atoms with Crippen LogP contribution in [0.5, 0.6) is 0 Å². The van der Waals surface area contributed by atoms with Gasteiger partial charge in [-0.25, -0.2) is 8.78 Å². The molecule has 1 unspecified atom stereocenters. The number of rotatable bonds is 4. The van der Waals surface area contributed by atoms with Gasteiger partial charge in [0, 0.05) is 24.7 Å². The maximum atomic E-state index is 13.8. The van der Waals surface area contributed by atoms with Gasteiger partial charge in [0.25, 0.3) is 0 Å². The standard InChI is InChI=1S/C15H20F2N2O2/c1-11(13-9-12(16)3-4-14(13)17)18(2)10-15(20)19-5-7-21-8-6-19/h3-4,9,11H,5-8,10H2,1-2H3. The predicted molar refractivity (Wildman–Crippen MR) is 74.8 cm³/mol. The molecule has 1 aliphatic rings. The summed E-state index contributed by atoms with van der Waals surface area (Å²) < 4.78 is 32.2. The molecule has 0 N–H and O–H groups in total. The Morgan fingerprint density at radius 1 is 1.38 bits per heavy atom. The van der Waals surface area contributed by atoms with E-state index >= 15 is 0 Å². The van der Waals surface area contributed by atoms with Gasteiger partial charge in [-0.3, -0.25) is 9.69 Å². The SMILES string of the molecule is CC(c1cc(F)ccc1F)N(C)CC(=O)N1CCOCC1. The molecule has 1 atom stereocenters. The number of benzene rings is 1. The van der Waals surface area contributed by atoms with E-state index in [0.717, 1.165) is 12.1 Å². The van der Waals surface area contributed by atoms with Crippen LogP contribution < -0.4 is 0 Å². The third kappa shape index (κ3) is 3.98. The molecule has 1 heterocycles. The monoisotopic (exact) mass is 298 g/mol. The molecule has 2 rings (SSSR count).